The lowest BCUT2D eigenvalue weighted by molar-refractivity contribution is 0.137. The van der Waals surface area contributed by atoms with Crippen LogP contribution >= 0.6 is 0 Å². The summed E-state index contributed by atoms with van der Waals surface area (Å²) in [6.07, 6.45) is 2.37. The van der Waals surface area contributed by atoms with Gasteiger partial charge < -0.3 is 9.64 Å². The number of benzene rings is 1. The first-order valence-electron chi connectivity index (χ1n) is 6.26. The van der Waals surface area contributed by atoms with Crippen LogP contribution in [0.4, 0.5) is 5.69 Å². The molecule has 2 heteroatoms. The van der Waals surface area contributed by atoms with Crippen molar-refractivity contribution in [1.82, 2.24) is 0 Å². The van der Waals surface area contributed by atoms with E-state index < -0.39 is 0 Å². The van der Waals surface area contributed by atoms with Crippen molar-refractivity contribution in [1.29, 1.82) is 0 Å². The van der Waals surface area contributed by atoms with Crippen LogP contribution in [0.1, 0.15) is 26.7 Å². The smallest absolute Gasteiger partial charge is 0.0641 e. The maximum Gasteiger partial charge on any atom is 0.0641 e. The van der Waals surface area contributed by atoms with Gasteiger partial charge in [0, 0.05) is 25.4 Å². The van der Waals surface area contributed by atoms with Crippen LogP contribution in [0.25, 0.3) is 0 Å². The van der Waals surface area contributed by atoms with E-state index in [4.69, 9.17) is 4.74 Å². The predicted molar refractivity (Wildman–Crippen MR) is 70.1 cm³/mol. The number of likely N-dealkylation sites (N-methyl/N-ethyl adjacent to an activating group) is 1. The number of nitrogens with zero attached hydrogens (tertiary/aromatic N) is 1. The van der Waals surface area contributed by atoms with Gasteiger partial charge in [0.15, 0.2) is 0 Å². The van der Waals surface area contributed by atoms with Crippen molar-refractivity contribution in [3.8, 4) is 0 Å². The van der Waals surface area contributed by atoms with E-state index in [1.807, 2.05) is 0 Å². The third kappa shape index (κ3) is 4.67. The van der Waals surface area contributed by atoms with Gasteiger partial charge in [0.05, 0.1) is 6.61 Å². The van der Waals surface area contributed by atoms with Gasteiger partial charge in [-0.15, -0.1) is 0 Å². The highest BCUT2D eigenvalue weighted by Gasteiger charge is 2.02. The largest absolute Gasteiger partial charge is 0.380 e. The molecule has 0 saturated carbocycles. The topological polar surface area (TPSA) is 12.5 Å². The molecule has 0 aliphatic heterocycles. The summed E-state index contributed by atoms with van der Waals surface area (Å²) in [4.78, 5) is 2.34. The molecule has 0 fully saturated rings. The second-order valence-electron chi connectivity index (χ2n) is 3.88. The number of ether oxygens (including phenoxy) is 1. The Hall–Kier alpha value is -1.02. The van der Waals surface area contributed by atoms with Crippen molar-refractivity contribution < 1.29 is 4.74 Å². The second-order valence-corrected chi connectivity index (χ2v) is 3.88. The molecule has 0 atom stereocenters. The molecule has 0 spiro atoms. The minimum Gasteiger partial charge on any atom is -0.380 e. The number of unbranched alkanes of at least 4 members (excludes halogenated alkanes) is 1. The highest BCUT2D eigenvalue weighted by atomic mass is 16.5. The van der Waals surface area contributed by atoms with E-state index >= 15 is 0 Å². The number of para-hydroxylation sites is 1. The molecule has 2 nitrogen and oxygen atoms in total. The van der Waals surface area contributed by atoms with Crippen LogP contribution < -0.4 is 4.90 Å². The summed E-state index contributed by atoms with van der Waals surface area (Å²) >= 11 is 0. The molecule has 0 aliphatic carbocycles. The Morgan fingerprint density at radius 3 is 2.44 bits per heavy atom. The fourth-order valence-corrected chi connectivity index (χ4v) is 1.63. The average molecular weight is 221 g/mol. The molecule has 0 bridgehead atoms. The van der Waals surface area contributed by atoms with Crippen molar-refractivity contribution in [3.05, 3.63) is 30.3 Å². The molecule has 0 saturated heterocycles. The van der Waals surface area contributed by atoms with Crippen molar-refractivity contribution in [2.45, 2.75) is 26.7 Å². The van der Waals surface area contributed by atoms with Crippen molar-refractivity contribution in [2.75, 3.05) is 31.2 Å². The van der Waals surface area contributed by atoms with Crippen LogP contribution in [0.3, 0.4) is 0 Å². The van der Waals surface area contributed by atoms with Gasteiger partial charge in [-0.3, -0.25) is 0 Å². The minimum atomic E-state index is 0.822. The molecule has 1 rings (SSSR count). The predicted octanol–water partition coefficient (Wildman–Crippen LogP) is 3.33. The molecule has 0 heterocycles. The Kier molecular flexibility index (Phi) is 6.66. The van der Waals surface area contributed by atoms with Gasteiger partial charge in [-0.2, -0.15) is 0 Å². The zero-order chi connectivity index (χ0) is 11.6. The SMILES string of the molecule is CCCCOCCN(CC)c1ccccc1. The highest BCUT2D eigenvalue weighted by Crippen LogP contribution is 2.11. The minimum absolute atomic E-state index is 0.822. The van der Waals surface area contributed by atoms with Gasteiger partial charge in [0.2, 0.25) is 0 Å². The Bertz CT molecular complexity index is 261. The Labute approximate surface area is 99.2 Å². The molecular formula is C14H23NO. The van der Waals surface area contributed by atoms with E-state index in [0.717, 1.165) is 32.7 Å². The molecule has 0 amide bonds. The lowest BCUT2D eigenvalue weighted by atomic mass is 10.3. The lowest BCUT2D eigenvalue weighted by Crippen LogP contribution is -2.27. The van der Waals surface area contributed by atoms with Gasteiger partial charge in [0.25, 0.3) is 0 Å². The van der Waals surface area contributed by atoms with E-state index in [2.05, 4.69) is 49.1 Å². The molecule has 0 unspecified atom stereocenters. The van der Waals surface area contributed by atoms with Crippen molar-refractivity contribution >= 4 is 5.69 Å². The standard InChI is InChI=1S/C14H23NO/c1-3-5-12-16-13-11-15(4-2)14-9-7-6-8-10-14/h6-10H,3-5,11-13H2,1-2H3. The molecule has 0 aliphatic rings. The molecule has 90 valence electrons. The first kappa shape index (κ1) is 13.0. The summed E-state index contributed by atoms with van der Waals surface area (Å²) in [5.41, 5.74) is 1.28. The molecule has 1 aromatic rings. The Balaban J connectivity index is 2.27. The fourth-order valence-electron chi connectivity index (χ4n) is 1.63. The van der Waals surface area contributed by atoms with E-state index in [9.17, 15) is 0 Å². The third-order valence-corrected chi connectivity index (χ3v) is 2.65. The molecule has 0 radical (unpaired) electrons. The molecular weight excluding hydrogens is 198 g/mol. The first-order valence-corrected chi connectivity index (χ1v) is 6.26. The molecule has 1 aromatic carbocycles. The van der Waals surface area contributed by atoms with Gasteiger partial charge in [-0.05, 0) is 25.5 Å². The van der Waals surface area contributed by atoms with Gasteiger partial charge in [-0.1, -0.05) is 31.5 Å². The number of rotatable bonds is 8. The third-order valence-electron chi connectivity index (χ3n) is 2.65. The Morgan fingerprint density at radius 1 is 1.06 bits per heavy atom. The summed E-state index contributed by atoms with van der Waals surface area (Å²) < 4.78 is 5.59. The highest BCUT2D eigenvalue weighted by molar-refractivity contribution is 5.45. The van der Waals surface area contributed by atoms with Gasteiger partial charge >= 0.3 is 0 Å². The maximum atomic E-state index is 5.59. The fraction of sp³-hybridized carbons (Fsp3) is 0.571. The number of hydrogen-bond acceptors (Lipinski definition) is 2. The summed E-state index contributed by atoms with van der Waals surface area (Å²) in [7, 11) is 0. The van der Waals surface area contributed by atoms with E-state index in [1.54, 1.807) is 0 Å². The van der Waals surface area contributed by atoms with Gasteiger partial charge in [-0.25, -0.2) is 0 Å². The van der Waals surface area contributed by atoms with Crippen LogP contribution in [-0.2, 0) is 4.74 Å². The summed E-state index contributed by atoms with van der Waals surface area (Å²) in [6, 6.07) is 10.5. The van der Waals surface area contributed by atoms with Gasteiger partial charge in [0.1, 0.15) is 0 Å². The number of hydrogen-bond donors (Lipinski definition) is 0. The van der Waals surface area contributed by atoms with E-state index in [1.165, 1.54) is 12.1 Å². The average Bonchev–Trinajstić information content (AvgIpc) is 2.35. The van der Waals surface area contributed by atoms with E-state index in [-0.39, 0.29) is 0 Å². The quantitative estimate of drug-likeness (QED) is 0.624. The maximum absolute atomic E-state index is 5.59. The zero-order valence-electron chi connectivity index (χ0n) is 10.5. The normalized spacial score (nSPS) is 10.4. The monoisotopic (exact) mass is 221 g/mol. The Morgan fingerprint density at radius 2 is 1.81 bits per heavy atom. The van der Waals surface area contributed by atoms with Crippen LogP contribution in [0, 0.1) is 0 Å². The lowest BCUT2D eigenvalue weighted by Gasteiger charge is -2.22. The van der Waals surface area contributed by atoms with E-state index in [0.29, 0.717) is 0 Å². The van der Waals surface area contributed by atoms with Crippen LogP contribution in [0.2, 0.25) is 0 Å². The molecule has 16 heavy (non-hydrogen) atoms. The van der Waals surface area contributed by atoms with Crippen LogP contribution in [0.15, 0.2) is 30.3 Å². The van der Waals surface area contributed by atoms with Crippen molar-refractivity contribution in [3.63, 3.8) is 0 Å². The first-order chi connectivity index (χ1) is 7.88. The summed E-state index contributed by atoms with van der Waals surface area (Å²) in [6.45, 7) is 8.08. The molecule has 0 aromatic heterocycles. The number of anilines is 1. The summed E-state index contributed by atoms with van der Waals surface area (Å²) in [5, 5.41) is 0. The van der Waals surface area contributed by atoms with Crippen LogP contribution in [-0.4, -0.2) is 26.3 Å². The molecule has 0 N–H and O–H groups in total. The van der Waals surface area contributed by atoms with Crippen LogP contribution in [0.5, 0.6) is 0 Å². The zero-order valence-corrected chi connectivity index (χ0v) is 10.5. The summed E-state index contributed by atoms with van der Waals surface area (Å²) in [5.74, 6) is 0. The second kappa shape index (κ2) is 8.17. The van der Waals surface area contributed by atoms with Crippen molar-refractivity contribution in [2.24, 2.45) is 0 Å².